The molecule has 2 N–H and O–H groups in total. The molecule has 0 bridgehead atoms. The third-order valence-electron chi connectivity index (χ3n) is 9.11. The van der Waals surface area contributed by atoms with Gasteiger partial charge in [0.2, 0.25) is 0 Å². The van der Waals surface area contributed by atoms with Gasteiger partial charge in [-0.1, -0.05) is 179 Å². The van der Waals surface area contributed by atoms with Gasteiger partial charge in [-0.2, -0.15) is 0 Å². The van der Waals surface area contributed by atoms with Crippen LogP contribution in [0.4, 0.5) is 0 Å². The normalized spacial score (nSPS) is 13.4. The molecule has 296 valence electrons. The van der Waals surface area contributed by atoms with Gasteiger partial charge in [0, 0.05) is 12.8 Å². The maximum Gasteiger partial charge on any atom is 0.306 e. The summed E-state index contributed by atoms with van der Waals surface area (Å²) in [6.45, 7) is 6.26. The topological polar surface area (TPSA) is 93.1 Å². The average Bonchev–Trinajstić information content (AvgIpc) is 3.11. The van der Waals surface area contributed by atoms with Crippen molar-refractivity contribution in [2.75, 3.05) is 13.2 Å². The maximum atomic E-state index is 12.2. The van der Waals surface area contributed by atoms with Crippen molar-refractivity contribution in [3.8, 4) is 0 Å². The van der Waals surface area contributed by atoms with Crippen molar-refractivity contribution in [3.63, 3.8) is 0 Å². The quantitative estimate of drug-likeness (QED) is 0.0378. The Morgan fingerprint density at radius 3 is 1.51 bits per heavy atom. The Morgan fingerprint density at radius 1 is 0.569 bits per heavy atom. The second-order valence-electron chi connectivity index (χ2n) is 14.7. The van der Waals surface area contributed by atoms with Crippen molar-refractivity contribution in [1.82, 2.24) is 0 Å². The van der Waals surface area contributed by atoms with Gasteiger partial charge >= 0.3 is 11.9 Å². The number of aliphatic hydroxyl groups is 2. The van der Waals surface area contributed by atoms with Gasteiger partial charge in [-0.3, -0.25) is 9.59 Å². The van der Waals surface area contributed by atoms with E-state index >= 15 is 0 Å². The zero-order valence-electron chi connectivity index (χ0n) is 33.4. The van der Waals surface area contributed by atoms with E-state index in [9.17, 15) is 19.8 Å². The largest absolute Gasteiger partial charge is 0.462 e. The van der Waals surface area contributed by atoms with Crippen molar-refractivity contribution in [2.45, 2.75) is 206 Å². The second kappa shape index (κ2) is 39.0. The predicted octanol–water partition coefficient (Wildman–Crippen LogP) is 12.2. The number of aliphatic hydroxyl groups excluding tert-OH is 2. The molecule has 0 saturated heterocycles. The smallest absolute Gasteiger partial charge is 0.306 e. The fraction of sp³-hybridized carbons (Fsp3) is 0.778. The highest BCUT2D eigenvalue weighted by Gasteiger charge is 2.16. The van der Waals surface area contributed by atoms with Crippen molar-refractivity contribution in [1.29, 1.82) is 0 Å². The summed E-state index contributed by atoms with van der Waals surface area (Å²) >= 11 is 0. The van der Waals surface area contributed by atoms with Crippen LogP contribution in [0.25, 0.3) is 0 Å². The van der Waals surface area contributed by atoms with Crippen molar-refractivity contribution < 1.29 is 29.3 Å². The Hall–Kier alpha value is -2.18. The summed E-state index contributed by atoms with van der Waals surface area (Å²) in [7, 11) is 0. The molecule has 0 aliphatic heterocycles. The van der Waals surface area contributed by atoms with Gasteiger partial charge in [0.25, 0.3) is 0 Å². The van der Waals surface area contributed by atoms with E-state index in [1.165, 1.54) is 89.9 Å². The Labute approximate surface area is 314 Å². The molecule has 0 aromatic rings. The average molecular weight is 717 g/mol. The summed E-state index contributed by atoms with van der Waals surface area (Å²) in [6, 6.07) is 0. The fourth-order valence-corrected chi connectivity index (χ4v) is 5.92. The number of esters is 2. The van der Waals surface area contributed by atoms with Gasteiger partial charge in [0.05, 0.1) is 12.7 Å². The minimum absolute atomic E-state index is 0.104. The minimum atomic E-state index is -0.802. The molecule has 0 spiro atoms. The standard InChI is InChI=1S/C45H80O6/c1-4-34-42(47)36-31-27-23-19-15-11-9-13-16-20-24-28-32-37-44(48)50-40-43(39-46)51-45(49)38-33-29-25-21-17-12-8-6-5-7-10-14-18-22-26-30-35-41(2)3/h9,13,15,19-20,24,27,31,41-43,46-47H,4-8,10-12,14,16-18,21-23,25-26,28-30,32-40H2,1-3H3/b13-9-,19-15-,24-20-,31-27-/t42?,43-/m0/s1. The lowest BCUT2D eigenvalue weighted by Gasteiger charge is -2.15. The first-order valence-corrected chi connectivity index (χ1v) is 21.1. The summed E-state index contributed by atoms with van der Waals surface area (Å²) < 4.78 is 10.6. The van der Waals surface area contributed by atoms with Crippen molar-refractivity contribution >= 4 is 11.9 Å². The molecule has 0 saturated carbocycles. The summed E-state index contributed by atoms with van der Waals surface area (Å²) in [5.74, 6) is 0.179. The Morgan fingerprint density at radius 2 is 1.02 bits per heavy atom. The van der Waals surface area contributed by atoms with Gasteiger partial charge < -0.3 is 19.7 Å². The lowest BCUT2D eigenvalue weighted by Crippen LogP contribution is -2.28. The molecular weight excluding hydrogens is 636 g/mol. The third kappa shape index (κ3) is 38.9. The van der Waals surface area contributed by atoms with Crippen LogP contribution in [0.3, 0.4) is 0 Å². The molecule has 1 unspecified atom stereocenters. The Bertz CT molecular complexity index is 889. The van der Waals surface area contributed by atoms with E-state index < -0.39 is 6.10 Å². The molecule has 0 fully saturated rings. The molecule has 6 nitrogen and oxygen atoms in total. The van der Waals surface area contributed by atoms with E-state index in [1.807, 2.05) is 0 Å². The summed E-state index contributed by atoms with van der Waals surface area (Å²) in [4.78, 5) is 24.3. The van der Waals surface area contributed by atoms with Crippen LogP contribution < -0.4 is 0 Å². The van der Waals surface area contributed by atoms with Gasteiger partial charge in [-0.15, -0.1) is 0 Å². The number of carbonyl (C=O) groups is 2. The highest BCUT2D eigenvalue weighted by atomic mass is 16.6. The van der Waals surface area contributed by atoms with Crippen LogP contribution in [-0.2, 0) is 19.1 Å². The first-order valence-electron chi connectivity index (χ1n) is 21.1. The number of rotatable bonds is 37. The number of hydrogen-bond donors (Lipinski definition) is 2. The molecule has 0 amide bonds. The van der Waals surface area contributed by atoms with E-state index in [4.69, 9.17) is 9.47 Å². The molecule has 0 rings (SSSR count). The Balaban J connectivity index is 3.63. The van der Waals surface area contributed by atoms with E-state index in [2.05, 4.69) is 69.4 Å². The molecule has 51 heavy (non-hydrogen) atoms. The van der Waals surface area contributed by atoms with Crippen LogP contribution in [0.5, 0.6) is 0 Å². The van der Waals surface area contributed by atoms with Crippen LogP contribution in [0.2, 0.25) is 0 Å². The molecule has 0 aromatic carbocycles. The SMILES string of the molecule is CCCC(O)C/C=C\C/C=C\C/C=C\C/C=C\CCCC(=O)OC[C@H](CO)OC(=O)CCCCCCCCCCCCCCCCCCC(C)C. The van der Waals surface area contributed by atoms with Gasteiger partial charge in [0.15, 0.2) is 6.10 Å². The van der Waals surface area contributed by atoms with Crippen molar-refractivity contribution in [3.05, 3.63) is 48.6 Å². The van der Waals surface area contributed by atoms with Crippen LogP contribution in [0, 0.1) is 5.92 Å². The maximum absolute atomic E-state index is 12.2. The third-order valence-corrected chi connectivity index (χ3v) is 9.11. The lowest BCUT2D eigenvalue weighted by molar-refractivity contribution is -0.161. The zero-order chi connectivity index (χ0) is 37.5. The number of carbonyl (C=O) groups excluding carboxylic acids is 2. The number of allylic oxidation sites excluding steroid dienone is 7. The van der Waals surface area contributed by atoms with Crippen LogP contribution in [-0.4, -0.2) is 47.6 Å². The van der Waals surface area contributed by atoms with E-state index in [-0.39, 0.29) is 31.3 Å². The Kier molecular flexibility index (Phi) is 37.4. The number of unbranched alkanes of at least 4 members (excludes halogenated alkanes) is 16. The summed E-state index contributed by atoms with van der Waals surface area (Å²) in [6.07, 6.45) is 45.3. The van der Waals surface area contributed by atoms with Gasteiger partial charge in [-0.25, -0.2) is 0 Å². The van der Waals surface area contributed by atoms with Gasteiger partial charge in [-0.05, 0) is 57.3 Å². The molecule has 0 aliphatic carbocycles. The van der Waals surface area contributed by atoms with Gasteiger partial charge in [0.1, 0.15) is 6.61 Å². The first kappa shape index (κ1) is 48.8. The number of hydrogen-bond acceptors (Lipinski definition) is 6. The fourth-order valence-electron chi connectivity index (χ4n) is 5.92. The van der Waals surface area contributed by atoms with Crippen LogP contribution in [0.15, 0.2) is 48.6 Å². The summed E-state index contributed by atoms with van der Waals surface area (Å²) in [5, 5.41) is 19.3. The van der Waals surface area contributed by atoms with Crippen LogP contribution >= 0.6 is 0 Å². The zero-order valence-corrected chi connectivity index (χ0v) is 33.4. The monoisotopic (exact) mass is 717 g/mol. The summed E-state index contributed by atoms with van der Waals surface area (Å²) in [5.41, 5.74) is 0. The highest BCUT2D eigenvalue weighted by molar-refractivity contribution is 5.70. The molecule has 0 heterocycles. The second-order valence-corrected chi connectivity index (χ2v) is 14.7. The number of ether oxygens (including phenoxy) is 2. The predicted molar refractivity (Wildman–Crippen MR) is 216 cm³/mol. The highest BCUT2D eigenvalue weighted by Crippen LogP contribution is 2.15. The lowest BCUT2D eigenvalue weighted by atomic mass is 10.0. The molecular formula is C45H80O6. The van der Waals surface area contributed by atoms with E-state index in [0.29, 0.717) is 19.3 Å². The molecule has 2 atom stereocenters. The molecule has 0 aliphatic rings. The molecule has 6 heteroatoms. The van der Waals surface area contributed by atoms with Crippen molar-refractivity contribution in [2.24, 2.45) is 5.92 Å². The molecule has 0 aromatic heterocycles. The van der Waals surface area contributed by atoms with E-state index in [1.54, 1.807) is 0 Å². The minimum Gasteiger partial charge on any atom is -0.462 e. The molecule has 0 radical (unpaired) electrons. The van der Waals surface area contributed by atoms with Crippen LogP contribution in [0.1, 0.15) is 194 Å². The first-order chi connectivity index (χ1) is 24.9. The van der Waals surface area contributed by atoms with E-state index in [0.717, 1.165) is 70.1 Å².